The summed E-state index contributed by atoms with van der Waals surface area (Å²) >= 11 is 0. The maximum Gasteiger partial charge on any atom is 0.274 e. The summed E-state index contributed by atoms with van der Waals surface area (Å²) in [4.78, 5) is 15.2. The van der Waals surface area contributed by atoms with Gasteiger partial charge in [-0.2, -0.15) is 0 Å². The Bertz CT molecular complexity index is 1230. The van der Waals surface area contributed by atoms with Crippen LogP contribution in [0.25, 0.3) is 22.0 Å². The molecule has 0 saturated heterocycles. The first-order valence-electron chi connectivity index (χ1n) is 8.13. The van der Waals surface area contributed by atoms with E-state index in [0.29, 0.717) is 27.9 Å². The van der Waals surface area contributed by atoms with Crippen LogP contribution in [0.3, 0.4) is 0 Å². The smallest absolute Gasteiger partial charge is 0.274 e. The minimum Gasteiger partial charge on any atom is -0.457 e. The van der Waals surface area contributed by atoms with Crippen LogP contribution in [0, 0.1) is 11.6 Å². The number of halogens is 2. The van der Waals surface area contributed by atoms with Crippen LogP contribution in [-0.4, -0.2) is 9.55 Å². The van der Waals surface area contributed by atoms with Crippen LogP contribution in [0.5, 0.6) is 11.5 Å². The van der Waals surface area contributed by atoms with Gasteiger partial charge >= 0.3 is 0 Å². The fourth-order valence-corrected chi connectivity index (χ4v) is 3.00. The SMILES string of the molecule is Cn1cc(-c2cc(N)ccc2Oc2ccc(F)c(F)c2)c2cc[nH]c2c1=O. The number of nitrogens with one attached hydrogen (secondary N) is 1. The zero-order chi connectivity index (χ0) is 19.1. The Morgan fingerprint density at radius 1 is 1.04 bits per heavy atom. The first-order valence-corrected chi connectivity index (χ1v) is 8.13. The molecule has 4 rings (SSSR count). The molecule has 0 bridgehead atoms. The predicted octanol–water partition coefficient (Wildman–Crippen LogP) is 4.19. The van der Waals surface area contributed by atoms with Crippen LogP contribution >= 0.6 is 0 Å². The molecular formula is C20H15F2N3O2. The van der Waals surface area contributed by atoms with Gasteiger partial charge in [-0.1, -0.05) is 0 Å². The molecule has 0 amide bonds. The fraction of sp³-hybridized carbons (Fsp3) is 0.0500. The molecule has 2 aromatic carbocycles. The van der Waals surface area contributed by atoms with E-state index in [2.05, 4.69) is 4.98 Å². The lowest BCUT2D eigenvalue weighted by Crippen LogP contribution is -2.16. The van der Waals surface area contributed by atoms with E-state index in [1.807, 2.05) is 0 Å². The Kier molecular flexibility index (Phi) is 3.92. The molecule has 0 atom stereocenters. The molecule has 136 valence electrons. The number of aromatic amines is 1. The Balaban J connectivity index is 1.90. The van der Waals surface area contributed by atoms with Gasteiger partial charge in [-0.25, -0.2) is 8.78 Å². The van der Waals surface area contributed by atoms with E-state index in [-0.39, 0.29) is 11.3 Å². The number of hydrogen-bond acceptors (Lipinski definition) is 3. The number of aromatic nitrogens is 2. The van der Waals surface area contributed by atoms with Gasteiger partial charge < -0.3 is 20.0 Å². The molecule has 0 radical (unpaired) electrons. The van der Waals surface area contributed by atoms with Crippen LogP contribution in [0.1, 0.15) is 0 Å². The highest BCUT2D eigenvalue weighted by molar-refractivity contribution is 5.96. The maximum absolute atomic E-state index is 13.5. The summed E-state index contributed by atoms with van der Waals surface area (Å²) < 4.78 is 33.9. The average Bonchev–Trinajstić information content (AvgIpc) is 3.13. The van der Waals surface area contributed by atoms with Crippen LogP contribution in [0.2, 0.25) is 0 Å². The third kappa shape index (κ3) is 2.93. The molecule has 4 aromatic rings. The van der Waals surface area contributed by atoms with Crippen LogP contribution in [0.15, 0.2) is 59.7 Å². The summed E-state index contributed by atoms with van der Waals surface area (Å²) in [5.74, 6) is -1.40. The zero-order valence-corrected chi connectivity index (χ0v) is 14.3. The molecule has 2 heterocycles. The standard InChI is InChI=1S/C20H15F2N3O2/c1-25-10-15(13-6-7-24-19(13)20(25)26)14-8-11(23)2-5-18(14)27-12-3-4-16(21)17(22)9-12/h2-10,24H,23H2,1H3. The van der Waals surface area contributed by atoms with E-state index in [9.17, 15) is 13.6 Å². The van der Waals surface area contributed by atoms with E-state index < -0.39 is 11.6 Å². The van der Waals surface area contributed by atoms with Crippen LogP contribution in [0.4, 0.5) is 14.5 Å². The van der Waals surface area contributed by atoms with Crippen LogP contribution in [-0.2, 0) is 7.05 Å². The summed E-state index contributed by atoms with van der Waals surface area (Å²) in [7, 11) is 1.65. The summed E-state index contributed by atoms with van der Waals surface area (Å²) in [6.07, 6.45) is 3.36. The summed E-state index contributed by atoms with van der Waals surface area (Å²) in [6.45, 7) is 0. The molecular weight excluding hydrogens is 352 g/mol. The largest absolute Gasteiger partial charge is 0.457 e. The Labute approximate surface area is 152 Å². The number of aryl methyl sites for hydroxylation is 1. The molecule has 0 spiro atoms. The molecule has 3 N–H and O–H groups in total. The minimum atomic E-state index is -1.00. The molecule has 0 aliphatic heterocycles. The maximum atomic E-state index is 13.5. The van der Waals surface area contributed by atoms with E-state index >= 15 is 0 Å². The quantitative estimate of drug-likeness (QED) is 0.534. The number of hydrogen-bond donors (Lipinski definition) is 2. The number of nitrogen functional groups attached to an aromatic ring is 1. The number of benzene rings is 2. The minimum absolute atomic E-state index is 0.148. The molecule has 0 aliphatic rings. The normalized spacial score (nSPS) is 11.1. The molecule has 27 heavy (non-hydrogen) atoms. The van der Waals surface area contributed by atoms with Gasteiger partial charge in [0.15, 0.2) is 11.6 Å². The predicted molar refractivity (Wildman–Crippen MR) is 99.8 cm³/mol. The van der Waals surface area contributed by atoms with Crippen molar-refractivity contribution in [2.45, 2.75) is 0 Å². The number of ether oxygens (including phenoxy) is 1. The van der Waals surface area contributed by atoms with Crippen molar-refractivity contribution in [3.63, 3.8) is 0 Å². The third-order valence-corrected chi connectivity index (χ3v) is 4.31. The van der Waals surface area contributed by atoms with E-state index in [0.717, 1.165) is 17.7 Å². The van der Waals surface area contributed by atoms with Gasteiger partial charge in [0, 0.05) is 47.7 Å². The Morgan fingerprint density at radius 2 is 1.85 bits per heavy atom. The van der Waals surface area contributed by atoms with Gasteiger partial charge in [0.05, 0.1) is 0 Å². The van der Waals surface area contributed by atoms with Crippen molar-refractivity contribution in [1.29, 1.82) is 0 Å². The average molecular weight is 367 g/mol. The molecule has 0 aliphatic carbocycles. The van der Waals surface area contributed by atoms with Gasteiger partial charge in [-0.3, -0.25) is 4.79 Å². The zero-order valence-electron chi connectivity index (χ0n) is 14.3. The number of nitrogens with zero attached hydrogens (tertiary/aromatic N) is 1. The first-order chi connectivity index (χ1) is 12.9. The Hall–Kier alpha value is -3.61. The monoisotopic (exact) mass is 367 g/mol. The van der Waals surface area contributed by atoms with Gasteiger partial charge in [-0.15, -0.1) is 0 Å². The summed E-state index contributed by atoms with van der Waals surface area (Å²) in [6, 6.07) is 10.1. The van der Waals surface area contributed by atoms with Crippen molar-refractivity contribution < 1.29 is 13.5 Å². The summed E-state index contributed by atoms with van der Waals surface area (Å²) in [5, 5.41) is 0.707. The van der Waals surface area contributed by atoms with E-state index in [1.54, 1.807) is 43.7 Å². The third-order valence-electron chi connectivity index (χ3n) is 4.31. The van der Waals surface area contributed by atoms with Crippen molar-refractivity contribution in [1.82, 2.24) is 9.55 Å². The lowest BCUT2D eigenvalue weighted by Gasteiger charge is -2.14. The molecule has 5 nitrogen and oxygen atoms in total. The molecule has 0 fully saturated rings. The fourth-order valence-electron chi connectivity index (χ4n) is 3.00. The van der Waals surface area contributed by atoms with Gasteiger partial charge in [-0.05, 0) is 36.4 Å². The highest BCUT2D eigenvalue weighted by atomic mass is 19.2. The molecule has 0 saturated carbocycles. The van der Waals surface area contributed by atoms with Gasteiger partial charge in [0.2, 0.25) is 0 Å². The van der Waals surface area contributed by atoms with Crippen molar-refractivity contribution in [3.8, 4) is 22.6 Å². The van der Waals surface area contributed by atoms with Crippen molar-refractivity contribution in [3.05, 3.63) is 76.8 Å². The number of nitrogens with two attached hydrogens (primary N) is 1. The van der Waals surface area contributed by atoms with Crippen molar-refractivity contribution in [2.75, 3.05) is 5.73 Å². The van der Waals surface area contributed by atoms with Crippen molar-refractivity contribution >= 4 is 16.6 Å². The second kappa shape index (κ2) is 6.28. The molecule has 0 unspecified atom stereocenters. The van der Waals surface area contributed by atoms with Gasteiger partial charge in [0.1, 0.15) is 17.0 Å². The van der Waals surface area contributed by atoms with Crippen molar-refractivity contribution in [2.24, 2.45) is 7.05 Å². The number of anilines is 1. The molecule has 7 heteroatoms. The highest BCUT2D eigenvalue weighted by Gasteiger charge is 2.15. The second-order valence-electron chi connectivity index (χ2n) is 6.16. The number of fused-ring (bicyclic) bond motifs is 1. The lowest BCUT2D eigenvalue weighted by molar-refractivity contribution is 0.463. The lowest BCUT2D eigenvalue weighted by atomic mass is 10.0. The van der Waals surface area contributed by atoms with E-state index in [4.69, 9.17) is 10.5 Å². The summed E-state index contributed by atoms with van der Waals surface area (Å²) in [5.41, 5.74) is 8.09. The van der Waals surface area contributed by atoms with Gasteiger partial charge in [0.25, 0.3) is 5.56 Å². The number of H-pyrrole nitrogens is 1. The number of rotatable bonds is 3. The Morgan fingerprint density at radius 3 is 2.63 bits per heavy atom. The highest BCUT2D eigenvalue weighted by Crippen LogP contribution is 2.37. The second-order valence-corrected chi connectivity index (χ2v) is 6.16. The number of pyridine rings is 1. The van der Waals surface area contributed by atoms with E-state index in [1.165, 1.54) is 10.6 Å². The van der Waals surface area contributed by atoms with Crippen LogP contribution < -0.4 is 16.0 Å². The topological polar surface area (TPSA) is 73.0 Å². The molecule has 2 aromatic heterocycles. The first kappa shape index (κ1) is 16.8.